The van der Waals surface area contributed by atoms with Gasteiger partial charge in [0.25, 0.3) is 0 Å². The zero-order valence-corrected chi connectivity index (χ0v) is 16.8. The van der Waals surface area contributed by atoms with Gasteiger partial charge in [0.2, 0.25) is 0 Å². The highest BCUT2D eigenvalue weighted by molar-refractivity contribution is 5.85. The van der Waals surface area contributed by atoms with Gasteiger partial charge in [-0.25, -0.2) is 0 Å². The molecule has 0 heterocycles. The second kappa shape index (κ2) is 10.1. The highest BCUT2D eigenvalue weighted by Crippen LogP contribution is 2.41. The lowest BCUT2D eigenvalue weighted by atomic mass is 9.77. The van der Waals surface area contributed by atoms with Crippen molar-refractivity contribution in [2.75, 3.05) is 13.7 Å². The Morgan fingerprint density at radius 1 is 1.00 bits per heavy atom. The third-order valence-electron chi connectivity index (χ3n) is 5.34. The van der Waals surface area contributed by atoms with Crippen LogP contribution in [0.5, 0.6) is 0 Å². The smallest absolute Gasteiger partial charge is 0.133 e. The molecule has 3 heteroatoms. The van der Waals surface area contributed by atoms with E-state index >= 15 is 0 Å². The van der Waals surface area contributed by atoms with Crippen LogP contribution in [0.2, 0.25) is 0 Å². The summed E-state index contributed by atoms with van der Waals surface area (Å²) in [6.07, 6.45) is 6.23. The van der Waals surface area contributed by atoms with Crippen molar-refractivity contribution >= 4 is 12.4 Å². The summed E-state index contributed by atoms with van der Waals surface area (Å²) in [5.74, 6) is 0.922. The first kappa shape index (κ1) is 21.0. The number of ether oxygens (including phenoxy) is 1. The van der Waals surface area contributed by atoms with E-state index in [0.29, 0.717) is 0 Å². The average Bonchev–Trinajstić information content (AvgIpc) is 3.50. The van der Waals surface area contributed by atoms with Crippen LogP contribution in [0.3, 0.4) is 0 Å². The van der Waals surface area contributed by atoms with Crippen LogP contribution in [0, 0.1) is 5.92 Å². The molecular weight excluding hydrogens is 342 g/mol. The van der Waals surface area contributed by atoms with Crippen LogP contribution in [-0.4, -0.2) is 19.7 Å². The molecule has 26 heavy (non-hydrogen) atoms. The Morgan fingerprint density at radius 2 is 1.54 bits per heavy atom. The van der Waals surface area contributed by atoms with Crippen LogP contribution >= 0.6 is 12.4 Å². The number of hydrogen-bond acceptors (Lipinski definition) is 2. The number of hydrogen-bond donors (Lipinski definition) is 1. The Morgan fingerprint density at radius 3 is 1.96 bits per heavy atom. The Kier molecular flexibility index (Phi) is 8.15. The molecule has 1 saturated carbocycles. The number of likely N-dealkylation sites (N-methyl/N-ethyl adjacent to an activating group) is 1. The van der Waals surface area contributed by atoms with Gasteiger partial charge < -0.3 is 10.1 Å². The van der Waals surface area contributed by atoms with Gasteiger partial charge in [-0.15, -0.1) is 12.4 Å². The molecule has 2 aromatic carbocycles. The largest absolute Gasteiger partial charge is 0.364 e. The van der Waals surface area contributed by atoms with E-state index in [0.717, 1.165) is 25.4 Å². The SMILES string of the molecule is CCCOC(c1ccccc1)(c1ccccc1)C(CCC1CC1)NC.Cl. The van der Waals surface area contributed by atoms with Gasteiger partial charge in [0.1, 0.15) is 5.60 Å². The molecule has 1 aliphatic rings. The van der Waals surface area contributed by atoms with Gasteiger partial charge in [-0.3, -0.25) is 0 Å². The zero-order chi connectivity index (χ0) is 17.5. The van der Waals surface area contributed by atoms with E-state index in [1.165, 1.54) is 30.4 Å². The first-order chi connectivity index (χ1) is 12.3. The van der Waals surface area contributed by atoms with Crippen LogP contribution in [0.1, 0.15) is 50.2 Å². The molecule has 0 aromatic heterocycles. The molecule has 1 fully saturated rings. The number of benzene rings is 2. The Hall–Kier alpha value is -1.35. The fraction of sp³-hybridized carbons (Fsp3) is 0.478. The number of nitrogens with one attached hydrogen (secondary N) is 1. The summed E-state index contributed by atoms with van der Waals surface area (Å²) >= 11 is 0. The van der Waals surface area contributed by atoms with E-state index in [1.807, 2.05) is 0 Å². The summed E-state index contributed by atoms with van der Waals surface area (Å²) in [5.41, 5.74) is 2.04. The highest BCUT2D eigenvalue weighted by Gasteiger charge is 2.43. The molecule has 1 N–H and O–H groups in total. The summed E-state index contributed by atoms with van der Waals surface area (Å²) in [7, 11) is 2.08. The van der Waals surface area contributed by atoms with E-state index in [1.54, 1.807) is 0 Å². The Labute approximate surface area is 164 Å². The molecule has 0 radical (unpaired) electrons. The Bertz CT molecular complexity index is 588. The fourth-order valence-electron chi connectivity index (χ4n) is 3.83. The minimum Gasteiger partial charge on any atom is -0.364 e. The van der Waals surface area contributed by atoms with E-state index in [-0.39, 0.29) is 18.4 Å². The quantitative estimate of drug-likeness (QED) is 0.588. The van der Waals surface area contributed by atoms with Gasteiger partial charge in [-0.2, -0.15) is 0 Å². The molecule has 0 amide bonds. The highest BCUT2D eigenvalue weighted by atomic mass is 35.5. The lowest BCUT2D eigenvalue weighted by Gasteiger charge is -2.42. The lowest BCUT2D eigenvalue weighted by molar-refractivity contribution is -0.0471. The van der Waals surface area contributed by atoms with Crippen LogP contribution < -0.4 is 5.32 Å². The van der Waals surface area contributed by atoms with Crippen molar-refractivity contribution in [2.24, 2.45) is 5.92 Å². The van der Waals surface area contributed by atoms with Crippen LogP contribution in [0.15, 0.2) is 60.7 Å². The molecule has 2 aromatic rings. The molecule has 3 rings (SSSR count). The maximum atomic E-state index is 6.69. The van der Waals surface area contributed by atoms with Crippen LogP contribution in [-0.2, 0) is 10.3 Å². The summed E-state index contributed by atoms with van der Waals surface area (Å²) < 4.78 is 6.69. The maximum Gasteiger partial charge on any atom is 0.133 e. The minimum absolute atomic E-state index is 0. The average molecular weight is 374 g/mol. The van der Waals surface area contributed by atoms with E-state index in [9.17, 15) is 0 Å². The first-order valence-electron chi connectivity index (χ1n) is 9.73. The van der Waals surface area contributed by atoms with Crippen molar-refractivity contribution in [1.29, 1.82) is 0 Å². The Balaban J connectivity index is 0.00000243. The van der Waals surface area contributed by atoms with Crippen molar-refractivity contribution in [3.63, 3.8) is 0 Å². The third-order valence-corrected chi connectivity index (χ3v) is 5.34. The van der Waals surface area contributed by atoms with Gasteiger partial charge in [0, 0.05) is 12.6 Å². The molecule has 2 nitrogen and oxygen atoms in total. The van der Waals surface area contributed by atoms with Crippen molar-refractivity contribution in [3.8, 4) is 0 Å². The van der Waals surface area contributed by atoms with Crippen LogP contribution in [0.25, 0.3) is 0 Å². The zero-order valence-electron chi connectivity index (χ0n) is 16.0. The van der Waals surface area contributed by atoms with Gasteiger partial charge in [0.05, 0.1) is 0 Å². The third kappa shape index (κ3) is 4.68. The molecule has 1 atom stereocenters. The molecule has 0 saturated heterocycles. The van der Waals surface area contributed by atoms with E-state index < -0.39 is 5.60 Å². The standard InChI is InChI=1S/C23H31NO.ClH/c1-3-18-25-23(20-10-6-4-7-11-20,21-12-8-5-9-13-21)22(24-2)17-16-19-14-15-19;/h4-13,19,22,24H,3,14-18H2,1-2H3;1H. The molecule has 142 valence electrons. The summed E-state index contributed by atoms with van der Waals surface area (Å²) in [6, 6.07) is 21.7. The summed E-state index contributed by atoms with van der Waals surface area (Å²) in [5, 5.41) is 3.61. The van der Waals surface area contributed by atoms with Gasteiger partial charge in [0.15, 0.2) is 0 Å². The summed E-state index contributed by atoms with van der Waals surface area (Å²) in [6.45, 7) is 2.94. The summed E-state index contributed by atoms with van der Waals surface area (Å²) in [4.78, 5) is 0. The lowest BCUT2D eigenvalue weighted by Crippen LogP contribution is -2.50. The van der Waals surface area contributed by atoms with Gasteiger partial charge >= 0.3 is 0 Å². The predicted molar refractivity (Wildman–Crippen MR) is 112 cm³/mol. The second-order valence-corrected chi connectivity index (χ2v) is 7.18. The molecule has 1 unspecified atom stereocenters. The van der Waals surface area contributed by atoms with Crippen LogP contribution in [0.4, 0.5) is 0 Å². The van der Waals surface area contributed by atoms with Crippen molar-refractivity contribution < 1.29 is 4.74 Å². The van der Waals surface area contributed by atoms with Crippen molar-refractivity contribution in [2.45, 2.75) is 50.7 Å². The normalized spacial score (nSPS) is 15.3. The fourth-order valence-corrected chi connectivity index (χ4v) is 3.83. The van der Waals surface area contributed by atoms with Crippen molar-refractivity contribution in [3.05, 3.63) is 71.8 Å². The van der Waals surface area contributed by atoms with Gasteiger partial charge in [-0.05, 0) is 43.4 Å². The van der Waals surface area contributed by atoms with Gasteiger partial charge in [-0.1, -0.05) is 80.4 Å². The predicted octanol–water partition coefficient (Wildman–Crippen LogP) is 5.56. The van der Waals surface area contributed by atoms with Crippen molar-refractivity contribution in [1.82, 2.24) is 5.32 Å². The first-order valence-corrected chi connectivity index (χ1v) is 9.73. The topological polar surface area (TPSA) is 21.3 Å². The number of halogens is 1. The monoisotopic (exact) mass is 373 g/mol. The molecule has 0 bridgehead atoms. The molecular formula is C23H32ClNO. The minimum atomic E-state index is -0.442. The number of rotatable bonds is 10. The second-order valence-electron chi connectivity index (χ2n) is 7.18. The molecule has 0 aliphatic heterocycles. The van der Waals surface area contributed by atoms with E-state index in [2.05, 4.69) is 80.0 Å². The maximum absolute atomic E-state index is 6.69. The molecule has 1 aliphatic carbocycles. The van der Waals surface area contributed by atoms with E-state index in [4.69, 9.17) is 4.74 Å². The molecule has 0 spiro atoms.